The minimum absolute atomic E-state index is 0.612. The number of anilines is 1. The molecule has 0 atom stereocenters. The molecular formula is C17H21ClN2. The number of aryl methyl sites for hydroxylation is 1. The van der Waals surface area contributed by atoms with Gasteiger partial charge in [0.2, 0.25) is 0 Å². The number of nitrogens with zero attached hydrogens (tertiary/aromatic N) is 2. The van der Waals surface area contributed by atoms with Crippen LogP contribution in [-0.4, -0.2) is 23.5 Å². The van der Waals surface area contributed by atoms with Gasteiger partial charge in [-0.3, -0.25) is 0 Å². The summed E-state index contributed by atoms with van der Waals surface area (Å²) in [6, 6.07) is 11.2. The van der Waals surface area contributed by atoms with Gasteiger partial charge in [0.1, 0.15) is 5.82 Å². The van der Waals surface area contributed by atoms with E-state index in [1.165, 1.54) is 36.6 Å². The highest BCUT2D eigenvalue weighted by Crippen LogP contribution is 2.30. The molecule has 0 bridgehead atoms. The molecule has 0 unspecified atom stereocenters. The Morgan fingerprint density at radius 1 is 1.25 bits per heavy atom. The molecule has 1 heterocycles. The molecule has 0 aliphatic heterocycles. The minimum Gasteiger partial charge on any atom is -0.352 e. The van der Waals surface area contributed by atoms with Crippen LogP contribution in [0, 0.1) is 6.92 Å². The van der Waals surface area contributed by atoms with Crippen molar-refractivity contribution in [3.8, 4) is 0 Å². The molecule has 106 valence electrons. The lowest BCUT2D eigenvalue weighted by atomic mass is 10.1. The molecule has 1 aliphatic carbocycles. The molecule has 1 fully saturated rings. The number of aromatic nitrogens is 1. The highest BCUT2D eigenvalue weighted by molar-refractivity contribution is 6.18. The largest absolute Gasteiger partial charge is 0.352 e. The molecule has 1 aliphatic rings. The Balaban J connectivity index is 2.02. The van der Waals surface area contributed by atoms with Crippen molar-refractivity contribution in [2.24, 2.45) is 0 Å². The normalized spacial score (nSPS) is 15.9. The second kappa shape index (κ2) is 6.01. The third kappa shape index (κ3) is 2.62. The van der Waals surface area contributed by atoms with Crippen molar-refractivity contribution < 1.29 is 0 Å². The molecule has 20 heavy (non-hydrogen) atoms. The standard InChI is InChI=1S/C17H21ClN2/c1-13-12-14-6-2-5-9-16(14)19-17(13)20(11-10-18)15-7-3-4-8-15/h2,5-6,9,12,15H,3-4,7-8,10-11H2,1H3. The fraction of sp³-hybridized carbons (Fsp3) is 0.471. The number of rotatable bonds is 4. The lowest BCUT2D eigenvalue weighted by molar-refractivity contribution is 0.614. The Bertz CT molecular complexity index is 591. The first-order valence-corrected chi connectivity index (χ1v) is 8.02. The Hall–Kier alpha value is -1.28. The zero-order valence-corrected chi connectivity index (χ0v) is 12.7. The first-order chi connectivity index (χ1) is 9.79. The number of hydrogen-bond acceptors (Lipinski definition) is 2. The van der Waals surface area contributed by atoms with E-state index in [2.05, 4.69) is 42.2 Å². The Labute approximate surface area is 125 Å². The van der Waals surface area contributed by atoms with E-state index in [0.717, 1.165) is 17.9 Å². The summed E-state index contributed by atoms with van der Waals surface area (Å²) in [5.41, 5.74) is 2.33. The Kier molecular flexibility index (Phi) is 4.11. The first-order valence-electron chi connectivity index (χ1n) is 7.48. The number of para-hydroxylation sites is 1. The highest BCUT2D eigenvalue weighted by Gasteiger charge is 2.24. The molecule has 2 aromatic rings. The van der Waals surface area contributed by atoms with Gasteiger partial charge in [0.25, 0.3) is 0 Å². The molecule has 1 saturated carbocycles. The van der Waals surface area contributed by atoms with Gasteiger partial charge >= 0.3 is 0 Å². The Morgan fingerprint density at radius 3 is 2.75 bits per heavy atom. The second-order valence-corrected chi connectivity index (χ2v) is 6.02. The third-order valence-electron chi connectivity index (χ3n) is 4.25. The fourth-order valence-corrected chi connectivity index (χ4v) is 3.45. The summed E-state index contributed by atoms with van der Waals surface area (Å²) in [7, 11) is 0. The number of benzene rings is 1. The van der Waals surface area contributed by atoms with E-state index in [-0.39, 0.29) is 0 Å². The van der Waals surface area contributed by atoms with Gasteiger partial charge in [-0.2, -0.15) is 0 Å². The number of pyridine rings is 1. The van der Waals surface area contributed by atoms with Gasteiger partial charge in [-0.25, -0.2) is 4.98 Å². The SMILES string of the molecule is Cc1cc2ccccc2nc1N(CCCl)C1CCCC1. The van der Waals surface area contributed by atoms with E-state index >= 15 is 0 Å². The molecule has 3 heteroatoms. The summed E-state index contributed by atoms with van der Waals surface area (Å²) in [6.07, 6.45) is 5.20. The minimum atomic E-state index is 0.612. The highest BCUT2D eigenvalue weighted by atomic mass is 35.5. The zero-order valence-electron chi connectivity index (χ0n) is 12.0. The maximum absolute atomic E-state index is 6.03. The first kappa shape index (κ1) is 13.7. The van der Waals surface area contributed by atoms with Crippen molar-refractivity contribution in [2.75, 3.05) is 17.3 Å². The predicted molar refractivity (Wildman–Crippen MR) is 86.8 cm³/mol. The molecular weight excluding hydrogens is 268 g/mol. The monoisotopic (exact) mass is 288 g/mol. The summed E-state index contributed by atoms with van der Waals surface area (Å²) in [5, 5.41) is 1.21. The van der Waals surface area contributed by atoms with Gasteiger partial charge in [-0.15, -0.1) is 11.6 Å². The summed E-state index contributed by atoms with van der Waals surface area (Å²) < 4.78 is 0. The van der Waals surface area contributed by atoms with Crippen molar-refractivity contribution in [3.63, 3.8) is 0 Å². The maximum atomic E-state index is 6.03. The molecule has 0 radical (unpaired) electrons. The summed E-state index contributed by atoms with van der Waals surface area (Å²) >= 11 is 6.03. The van der Waals surface area contributed by atoms with Crippen molar-refractivity contribution in [3.05, 3.63) is 35.9 Å². The van der Waals surface area contributed by atoms with Gasteiger partial charge in [0.05, 0.1) is 5.52 Å². The van der Waals surface area contributed by atoms with Gasteiger partial charge in [0, 0.05) is 23.9 Å². The van der Waals surface area contributed by atoms with Gasteiger partial charge in [0.15, 0.2) is 0 Å². The van der Waals surface area contributed by atoms with E-state index in [1.807, 2.05) is 0 Å². The topological polar surface area (TPSA) is 16.1 Å². The Morgan fingerprint density at radius 2 is 2.00 bits per heavy atom. The molecule has 0 N–H and O–H groups in total. The van der Waals surface area contributed by atoms with Crippen LogP contribution >= 0.6 is 11.6 Å². The van der Waals surface area contributed by atoms with Crippen LogP contribution in [0.25, 0.3) is 10.9 Å². The van der Waals surface area contributed by atoms with E-state index in [4.69, 9.17) is 16.6 Å². The van der Waals surface area contributed by atoms with Crippen molar-refractivity contribution in [1.29, 1.82) is 0 Å². The van der Waals surface area contributed by atoms with E-state index < -0.39 is 0 Å². The number of hydrogen-bond donors (Lipinski definition) is 0. The van der Waals surface area contributed by atoms with Crippen LogP contribution in [0.15, 0.2) is 30.3 Å². The lowest BCUT2D eigenvalue weighted by Gasteiger charge is -2.31. The molecule has 0 amide bonds. The fourth-order valence-electron chi connectivity index (χ4n) is 3.27. The lowest BCUT2D eigenvalue weighted by Crippen LogP contribution is -2.36. The number of fused-ring (bicyclic) bond motifs is 1. The average Bonchev–Trinajstić information content (AvgIpc) is 2.98. The van der Waals surface area contributed by atoms with Crippen LogP contribution in [0.2, 0.25) is 0 Å². The van der Waals surface area contributed by atoms with Crippen molar-refractivity contribution >= 4 is 28.3 Å². The van der Waals surface area contributed by atoms with Crippen LogP contribution in [0.3, 0.4) is 0 Å². The molecule has 1 aromatic heterocycles. The average molecular weight is 289 g/mol. The molecule has 0 spiro atoms. The second-order valence-electron chi connectivity index (χ2n) is 5.64. The maximum Gasteiger partial charge on any atom is 0.132 e. The van der Waals surface area contributed by atoms with Crippen LogP contribution in [0.1, 0.15) is 31.2 Å². The quantitative estimate of drug-likeness (QED) is 0.768. The van der Waals surface area contributed by atoms with E-state index in [1.54, 1.807) is 0 Å². The van der Waals surface area contributed by atoms with Crippen LogP contribution in [-0.2, 0) is 0 Å². The number of alkyl halides is 1. The third-order valence-corrected chi connectivity index (χ3v) is 4.42. The molecule has 2 nitrogen and oxygen atoms in total. The van der Waals surface area contributed by atoms with Crippen LogP contribution in [0.4, 0.5) is 5.82 Å². The van der Waals surface area contributed by atoms with E-state index in [0.29, 0.717) is 11.9 Å². The summed E-state index contributed by atoms with van der Waals surface area (Å²) in [6.45, 7) is 3.04. The van der Waals surface area contributed by atoms with E-state index in [9.17, 15) is 0 Å². The van der Waals surface area contributed by atoms with Gasteiger partial charge < -0.3 is 4.90 Å². The number of halogens is 1. The molecule has 1 aromatic carbocycles. The van der Waals surface area contributed by atoms with Crippen molar-refractivity contribution in [1.82, 2.24) is 4.98 Å². The van der Waals surface area contributed by atoms with Crippen LogP contribution in [0.5, 0.6) is 0 Å². The van der Waals surface area contributed by atoms with Gasteiger partial charge in [-0.1, -0.05) is 31.0 Å². The van der Waals surface area contributed by atoms with Crippen molar-refractivity contribution in [2.45, 2.75) is 38.6 Å². The smallest absolute Gasteiger partial charge is 0.132 e. The summed E-state index contributed by atoms with van der Waals surface area (Å²) in [4.78, 5) is 7.34. The van der Waals surface area contributed by atoms with Crippen LogP contribution < -0.4 is 4.90 Å². The molecule has 0 saturated heterocycles. The predicted octanol–water partition coefficient (Wildman–Crippen LogP) is 4.53. The summed E-state index contributed by atoms with van der Waals surface area (Å²) in [5.74, 6) is 1.78. The molecule has 3 rings (SSSR count). The zero-order chi connectivity index (χ0) is 13.9. The van der Waals surface area contributed by atoms with Gasteiger partial charge in [-0.05, 0) is 37.5 Å².